The van der Waals surface area contributed by atoms with Crippen molar-refractivity contribution < 1.29 is 13.5 Å². The van der Waals surface area contributed by atoms with Gasteiger partial charge in [0.05, 0.1) is 24.1 Å². The quantitative estimate of drug-likeness (QED) is 0.615. The van der Waals surface area contributed by atoms with E-state index in [9.17, 15) is 8.78 Å². The highest BCUT2D eigenvalue weighted by Gasteiger charge is 2.38. The van der Waals surface area contributed by atoms with Gasteiger partial charge in [-0.3, -0.25) is 5.10 Å². The average Bonchev–Trinajstić information content (AvgIpc) is 2.34. The molecule has 2 rings (SSSR count). The van der Waals surface area contributed by atoms with E-state index in [1.165, 1.54) is 0 Å². The normalized spacial score (nSPS) is 21.3. The maximum Gasteiger partial charge on any atom is 0.299 e. The average molecular weight is 160 g/mol. The van der Waals surface area contributed by atoms with Gasteiger partial charge in [-0.1, -0.05) is 0 Å². The Kier molecular flexibility index (Phi) is 1.23. The van der Waals surface area contributed by atoms with Crippen LogP contribution < -0.4 is 0 Å². The Morgan fingerprint density at radius 2 is 2.45 bits per heavy atom. The van der Waals surface area contributed by atoms with Crippen molar-refractivity contribution in [2.75, 3.05) is 6.61 Å². The maximum absolute atomic E-state index is 12.8. The molecule has 1 aromatic heterocycles. The monoisotopic (exact) mass is 160 g/mol. The number of aromatic nitrogens is 2. The highest BCUT2D eigenvalue weighted by Crippen LogP contribution is 2.33. The summed E-state index contributed by atoms with van der Waals surface area (Å²) < 4.78 is 30.3. The number of hydrogen-bond acceptors (Lipinski definition) is 2. The molecule has 0 aromatic carbocycles. The van der Waals surface area contributed by atoms with Gasteiger partial charge in [-0.2, -0.15) is 13.9 Å². The molecule has 0 unspecified atom stereocenters. The second kappa shape index (κ2) is 2.01. The Balaban J connectivity index is 2.48. The second-order valence-corrected chi connectivity index (χ2v) is 2.46. The van der Waals surface area contributed by atoms with E-state index in [1.54, 1.807) is 0 Å². The zero-order valence-corrected chi connectivity index (χ0v) is 5.60. The minimum atomic E-state index is -2.87. The summed E-state index contributed by atoms with van der Waals surface area (Å²) in [7, 11) is 0. The number of nitrogens with one attached hydrogen (secondary N) is 1. The van der Waals surface area contributed by atoms with Crippen molar-refractivity contribution in [3.05, 3.63) is 17.5 Å². The van der Waals surface area contributed by atoms with Gasteiger partial charge in [-0.15, -0.1) is 0 Å². The van der Waals surface area contributed by atoms with Crippen LogP contribution in [-0.4, -0.2) is 16.8 Å². The molecule has 0 aliphatic carbocycles. The number of ether oxygens (including phenoxy) is 1. The molecule has 0 bridgehead atoms. The molecule has 1 aliphatic rings. The van der Waals surface area contributed by atoms with Crippen LogP contribution in [0.2, 0.25) is 0 Å². The van der Waals surface area contributed by atoms with Crippen molar-refractivity contribution in [2.45, 2.75) is 12.5 Å². The van der Waals surface area contributed by atoms with E-state index in [0.717, 1.165) is 6.20 Å². The number of fused-ring (bicyclic) bond motifs is 1. The first-order chi connectivity index (χ1) is 5.20. The molecule has 5 heteroatoms. The summed E-state index contributed by atoms with van der Waals surface area (Å²) >= 11 is 0. The number of hydrogen-bond donors (Lipinski definition) is 1. The minimum Gasteiger partial charge on any atom is -0.369 e. The summed E-state index contributed by atoms with van der Waals surface area (Å²) in [5.41, 5.74) is 0.338. The van der Waals surface area contributed by atoms with Crippen LogP contribution >= 0.6 is 0 Å². The van der Waals surface area contributed by atoms with Gasteiger partial charge in [-0.05, 0) is 0 Å². The third-order valence-corrected chi connectivity index (χ3v) is 1.64. The van der Waals surface area contributed by atoms with Gasteiger partial charge in [0, 0.05) is 0 Å². The summed E-state index contributed by atoms with van der Waals surface area (Å²) in [6.07, 6.45) is 1.15. The van der Waals surface area contributed by atoms with E-state index in [2.05, 4.69) is 14.9 Å². The fourth-order valence-corrected chi connectivity index (χ4v) is 1.10. The molecular weight excluding hydrogens is 154 g/mol. The molecule has 1 aromatic rings. The Morgan fingerprint density at radius 3 is 3.18 bits per heavy atom. The molecule has 1 aliphatic heterocycles. The highest BCUT2D eigenvalue weighted by atomic mass is 19.3. The Morgan fingerprint density at radius 1 is 1.64 bits per heavy atom. The number of nitrogens with zero attached hydrogens (tertiary/aromatic N) is 1. The van der Waals surface area contributed by atoms with Gasteiger partial charge in [-0.25, -0.2) is 0 Å². The van der Waals surface area contributed by atoms with Gasteiger partial charge < -0.3 is 4.74 Å². The molecule has 3 nitrogen and oxygen atoms in total. The SMILES string of the molecule is FC1(F)COCc2[nH]ncc21. The van der Waals surface area contributed by atoms with Crippen molar-refractivity contribution in [1.29, 1.82) is 0 Å². The van der Waals surface area contributed by atoms with Crippen molar-refractivity contribution in [3.63, 3.8) is 0 Å². The smallest absolute Gasteiger partial charge is 0.299 e. The van der Waals surface area contributed by atoms with Crippen molar-refractivity contribution in [1.82, 2.24) is 10.2 Å². The van der Waals surface area contributed by atoms with E-state index in [0.29, 0.717) is 5.69 Å². The van der Waals surface area contributed by atoms with Gasteiger partial charge in [0.15, 0.2) is 0 Å². The van der Waals surface area contributed by atoms with E-state index in [1.807, 2.05) is 0 Å². The number of halogens is 2. The van der Waals surface area contributed by atoms with Crippen LogP contribution in [0, 0.1) is 0 Å². The molecule has 60 valence electrons. The first-order valence-corrected chi connectivity index (χ1v) is 3.18. The molecule has 0 atom stereocenters. The third-order valence-electron chi connectivity index (χ3n) is 1.64. The molecule has 0 amide bonds. The lowest BCUT2D eigenvalue weighted by Crippen LogP contribution is -2.26. The zero-order valence-electron chi connectivity index (χ0n) is 5.60. The molecule has 0 fully saturated rings. The lowest BCUT2D eigenvalue weighted by Gasteiger charge is -2.20. The lowest BCUT2D eigenvalue weighted by molar-refractivity contribution is -0.103. The lowest BCUT2D eigenvalue weighted by atomic mass is 10.1. The molecule has 0 radical (unpaired) electrons. The summed E-state index contributed by atoms with van der Waals surface area (Å²) in [6.45, 7) is -0.343. The molecular formula is C6H6F2N2O. The molecule has 11 heavy (non-hydrogen) atoms. The van der Waals surface area contributed by atoms with Crippen molar-refractivity contribution in [2.24, 2.45) is 0 Å². The molecule has 1 N–H and O–H groups in total. The molecule has 2 heterocycles. The molecule has 0 spiro atoms. The van der Waals surface area contributed by atoms with E-state index in [4.69, 9.17) is 0 Å². The van der Waals surface area contributed by atoms with Crippen LogP contribution in [0.1, 0.15) is 11.3 Å². The Labute approximate surface area is 61.4 Å². The predicted octanol–water partition coefficient (Wildman–Crippen LogP) is 1.03. The van der Waals surface area contributed by atoms with Gasteiger partial charge in [0.1, 0.15) is 6.61 Å². The fourth-order valence-electron chi connectivity index (χ4n) is 1.10. The summed E-state index contributed by atoms with van der Waals surface area (Å²) in [4.78, 5) is 0. The highest BCUT2D eigenvalue weighted by molar-refractivity contribution is 5.23. The van der Waals surface area contributed by atoms with Crippen LogP contribution in [0.15, 0.2) is 6.20 Å². The maximum atomic E-state index is 12.8. The van der Waals surface area contributed by atoms with E-state index < -0.39 is 12.5 Å². The minimum absolute atomic E-state index is 0.0382. The summed E-state index contributed by atoms with van der Waals surface area (Å²) in [5, 5.41) is 5.97. The van der Waals surface area contributed by atoms with Crippen LogP contribution in [0.5, 0.6) is 0 Å². The van der Waals surface area contributed by atoms with E-state index in [-0.39, 0.29) is 12.2 Å². The van der Waals surface area contributed by atoms with Gasteiger partial charge >= 0.3 is 0 Å². The van der Waals surface area contributed by atoms with Gasteiger partial charge in [0.2, 0.25) is 0 Å². The van der Waals surface area contributed by atoms with Crippen LogP contribution in [0.3, 0.4) is 0 Å². The van der Waals surface area contributed by atoms with Crippen molar-refractivity contribution >= 4 is 0 Å². The Bertz CT molecular complexity index is 271. The summed E-state index contributed by atoms with van der Waals surface area (Å²) in [6, 6.07) is 0. The topological polar surface area (TPSA) is 37.9 Å². The largest absolute Gasteiger partial charge is 0.369 e. The van der Waals surface area contributed by atoms with E-state index >= 15 is 0 Å². The first kappa shape index (κ1) is 6.72. The fraction of sp³-hybridized carbons (Fsp3) is 0.500. The second-order valence-electron chi connectivity index (χ2n) is 2.46. The predicted molar refractivity (Wildman–Crippen MR) is 32.1 cm³/mol. The first-order valence-electron chi connectivity index (χ1n) is 3.18. The van der Waals surface area contributed by atoms with Crippen LogP contribution in [0.25, 0.3) is 0 Å². The van der Waals surface area contributed by atoms with Crippen LogP contribution in [-0.2, 0) is 17.3 Å². The van der Waals surface area contributed by atoms with Crippen molar-refractivity contribution in [3.8, 4) is 0 Å². The number of aromatic amines is 1. The number of alkyl halides is 2. The third kappa shape index (κ3) is 0.920. The zero-order chi connectivity index (χ0) is 7.90. The molecule has 0 saturated heterocycles. The van der Waals surface area contributed by atoms with Gasteiger partial charge in [0.25, 0.3) is 5.92 Å². The van der Waals surface area contributed by atoms with Crippen LogP contribution in [0.4, 0.5) is 8.78 Å². The number of H-pyrrole nitrogens is 1. The molecule has 0 saturated carbocycles. The number of rotatable bonds is 0. The summed E-state index contributed by atoms with van der Waals surface area (Å²) in [5.74, 6) is -2.87. The standard InChI is InChI=1S/C6H6F2N2O/c7-6(8)3-11-2-5-4(6)1-9-10-5/h1H,2-3H2,(H,9,10). The Hall–Kier alpha value is -0.970.